The molecule has 0 bridgehead atoms. The van der Waals surface area contributed by atoms with E-state index in [1.54, 1.807) is 6.07 Å². The van der Waals surface area contributed by atoms with E-state index in [0.29, 0.717) is 0 Å². The number of nitrogens with zero attached hydrogens (tertiary/aromatic N) is 5. The molecule has 0 saturated carbocycles. The average Bonchev–Trinajstić information content (AvgIpc) is 3.00. The second kappa shape index (κ2) is 6.14. The van der Waals surface area contributed by atoms with Crippen molar-refractivity contribution in [2.24, 2.45) is 10.8 Å². The van der Waals surface area contributed by atoms with Crippen molar-refractivity contribution >= 4 is 17.2 Å². The van der Waals surface area contributed by atoms with Gasteiger partial charge < -0.3 is 5.73 Å². The van der Waals surface area contributed by atoms with Gasteiger partial charge in [-0.3, -0.25) is 10.8 Å². The van der Waals surface area contributed by atoms with E-state index in [9.17, 15) is 13.2 Å². The number of halogens is 3. The van der Waals surface area contributed by atoms with Gasteiger partial charge in [0.15, 0.2) is 5.84 Å². The summed E-state index contributed by atoms with van der Waals surface area (Å²) >= 11 is 0. The lowest BCUT2D eigenvalue weighted by atomic mass is 10.1. The lowest BCUT2D eigenvalue weighted by Crippen LogP contribution is -2.22. The molecule has 1 aromatic heterocycles. The molecule has 23 heavy (non-hydrogen) atoms. The van der Waals surface area contributed by atoms with Gasteiger partial charge in [0.2, 0.25) is 5.71 Å². The molecular weight excluding hydrogens is 313 g/mol. The minimum atomic E-state index is -4.56. The monoisotopic (exact) mass is 322 g/mol. The van der Waals surface area contributed by atoms with Crippen molar-refractivity contribution in [3.05, 3.63) is 36.4 Å². The zero-order valence-electron chi connectivity index (χ0n) is 11.3. The summed E-state index contributed by atoms with van der Waals surface area (Å²) in [4.78, 5) is 3.71. The molecule has 0 atom stereocenters. The summed E-state index contributed by atoms with van der Waals surface area (Å²) in [6, 6.07) is 4.41. The van der Waals surface area contributed by atoms with Crippen molar-refractivity contribution < 1.29 is 13.2 Å². The molecule has 1 heterocycles. The second-order valence-electron chi connectivity index (χ2n) is 4.17. The molecule has 0 aliphatic heterocycles. The van der Waals surface area contributed by atoms with Crippen LogP contribution in [0, 0.1) is 16.7 Å². The van der Waals surface area contributed by atoms with Crippen molar-refractivity contribution in [3.63, 3.8) is 0 Å². The van der Waals surface area contributed by atoms with Gasteiger partial charge in [0.05, 0.1) is 16.9 Å². The van der Waals surface area contributed by atoms with Crippen LogP contribution in [0.4, 0.5) is 18.9 Å². The summed E-state index contributed by atoms with van der Waals surface area (Å²) in [5.41, 5.74) is 6.18. The fourth-order valence-corrected chi connectivity index (χ4v) is 1.60. The number of anilines is 1. The molecule has 4 N–H and O–H groups in total. The number of nitriles is 1. The maximum Gasteiger partial charge on any atom is 0.416 e. The number of benzene rings is 1. The standard InChI is InChI=1S/C12H9F3N8/c13-12(14,15)7-1-2-10(23-6-19-5-20-23)8(3-7)21-22-9(4-16)11(17)18/h1-3,5-6,21H,(H3,17,18)/b22-9+. The van der Waals surface area contributed by atoms with E-state index in [1.165, 1.54) is 23.4 Å². The largest absolute Gasteiger partial charge is 0.416 e. The zero-order chi connectivity index (χ0) is 17.0. The molecule has 0 aliphatic rings. The van der Waals surface area contributed by atoms with E-state index in [1.807, 2.05) is 0 Å². The van der Waals surface area contributed by atoms with Gasteiger partial charge in [-0.2, -0.15) is 28.6 Å². The Hall–Kier alpha value is -3.42. The summed E-state index contributed by atoms with van der Waals surface area (Å²) in [5, 5.41) is 23.2. The topological polar surface area (TPSA) is 129 Å². The van der Waals surface area contributed by atoms with Gasteiger partial charge in [0.25, 0.3) is 0 Å². The van der Waals surface area contributed by atoms with E-state index in [2.05, 4.69) is 20.6 Å². The van der Waals surface area contributed by atoms with Crippen LogP contribution in [-0.4, -0.2) is 26.3 Å². The van der Waals surface area contributed by atoms with E-state index >= 15 is 0 Å². The fourth-order valence-electron chi connectivity index (χ4n) is 1.60. The van der Waals surface area contributed by atoms with Crippen LogP contribution in [0.15, 0.2) is 36.0 Å². The molecule has 0 aliphatic carbocycles. The summed E-state index contributed by atoms with van der Waals surface area (Å²) in [6.07, 6.45) is -2.06. The number of nitrogens with one attached hydrogen (secondary N) is 2. The highest BCUT2D eigenvalue weighted by Crippen LogP contribution is 2.33. The van der Waals surface area contributed by atoms with Crippen LogP contribution < -0.4 is 11.2 Å². The lowest BCUT2D eigenvalue weighted by molar-refractivity contribution is -0.137. The molecule has 2 rings (SSSR count). The third kappa shape index (κ3) is 3.62. The normalized spacial score (nSPS) is 11.8. The highest BCUT2D eigenvalue weighted by molar-refractivity contribution is 6.45. The number of hydrazone groups is 1. The quantitative estimate of drug-likeness (QED) is 0.446. The molecule has 0 fully saturated rings. The first kappa shape index (κ1) is 16.0. The van der Waals surface area contributed by atoms with Crippen molar-refractivity contribution in [2.45, 2.75) is 6.18 Å². The van der Waals surface area contributed by atoms with Crippen LogP contribution >= 0.6 is 0 Å². The molecule has 1 aromatic carbocycles. The molecule has 0 saturated heterocycles. The first-order chi connectivity index (χ1) is 10.8. The molecule has 0 spiro atoms. The van der Waals surface area contributed by atoms with Crippen LogP contribution in [0.3, 0.4) is 0 Å². The lowest BCUT2D eigenvalue weighted by Gasteiger charge is -2.13. The Morgan fingerprint density at radius 2 is 2.17 bits per heavy atom. The van der Waals surface area contributed by atoms with Crippen LogP contribution in [0.1, 0.15) is 5.56 Å². The van der Waals surface area contributed by atoms with Gasteiger partial charge in [0, 0.05) is 0 Å². The van der Waals surface area contributed by atoms with E-state index in [-0.39, 0.29) is 11.4 Å². The number of rotatable bonds is 4. The molecule has 8 nitrogen and oxygen atoms in total. The molecule has 0 unspecified atom stereocenters. The molecule has 2 aromatic rings. The van der Waals surface area contributed by atoms with Gasteiger partial charge >= 0.3 is 6.18 Å². The van der Waals surface area contributed by atoms with E-state index in [4.69, 9.17) is 16.4 Å². The van der Waals surface area contributed by atoms with Gasteiger partial charge in [-0.1, -0.05) is 0 Å². The van der Waals surface area contributed by atoms with Crippen LogP contribution in [0.25, 0.3) is 5.69 Å². The average molecular weight is 322 g/mol. The summed E-state index contributed by atoms with van der Waals surface area (Å²) in [5.74, 6) is -0.616. The van der Waals surface area contributed by atoms with E-state index in [0.717, 1.165) is 12.1 Å². The highest BCUT2D eigenvalue weighted by atomic mass is 19.4. The third-order valence-corrected chi connectivity index (χ3v) is 2.64. The molecule has 0 amide bonds. The van der Waals surface area contributed by atoms with Crippen molar-refractivity contribution in [1.29, 1.82) is 10.7 Å². The Bertz CT molecular complexity index is 786. The van der Waals surface area contributed by atoms with E-state index < -0.39 is 23.3 Å². The second-order valence-corrected chi connectivity index (χ2v) is 4.17. The predicted molar refractivity (Wildman–Crippen MR) is 74.9 cm³/mol. The summed E-state index contributed by atoms with van der Waals surface area (Å²) in [6.45, 7) is 0. The Morgan fingerprint density at radius 3 is 2.70 bits per heavy atom. The fraction of sp³-hybridized carbons (Fsp3) is 0.0833. The molecule has 11 heteroatoms. The van der Waals surface area contributed by atoms with Gasteiger partial charge in [-0.25, -0.2) is 9.67 Å². The van der Waals surface area contributed by atoms with Crippen molar-refractivity contribution in [1.82, 2.24) is 14.8 Å². The summed E-state index contributed by atoms with van der Waals surface area (Å²) in [7, 11) is 0. The van der Waals surface area contributed by atoms with Crippen molar-refractivity contribution in [3.8, 4) is 11.8 Å². The first-order valence-corrected chi connectivity index (χ1v) is 5.97. The maximum atomic E-state index is 12.8. The molecular formula is C12H9F3N8. The van der Waals surface area contributed by atoms with Crippen LogP contribution in [0.5, 0.6) is 0 Å². The number of nitrogens with two attached hydrogens (primary N) is 1. The number of hydrogen-bond acceptors (Lipinski definition) is 6. The Labute approximate surface area is 127 Å². The van der Waals surface area contributed by atoms with Crippen LogP contribution in [0.2, 0.25) is 0 Å². The maximum absolute atomic E-state index is 12.8. The number of aromatic nitrogens is 3. The van der Waals surface area contributed by atoms with Gasteiger partial charge in [-0.15, -0.1) is 0 Å². The highest BCUT2D eigenvalue weighted by Gasteiger charge is 2.31. The molecule has 118 valence electrons. The third-order valence-electron chi connectivity index (χ3n) is 2.64. The molecule has 0 radical (unpaired) electrons. The minimum absolute atomic E-state index is 0.0840. The first-order valence-electron chi connectivity index (χ1n) is 5.97. The zero-order valence-corrected chi connectivity index (χ0v) is 11.3. The number of alkyl halides is 3. The SMILES string of the molecule is N#C/C(=N\Nc1cc(C(F)(F)F)ccc1-n1cncn1)C(=N)N. The Balaban J connectivity index is 2.49. The van der Waals surface area contributed by atoms with Crippen LogP contribution in [-0.2, 0) is 6.18 Å². The summed E-state index contributed by atoms with van der Waals surface area (Å²) < 4.78 is 39.7. The smallest absolute Gasteiger partial charge is 0.382 e. The number of amidine groups is 1. The van der Waals surface area contributed by atoms with Crippen molar-refractivity contribution in [2.75, 3.05) is 5.43 Å². The Morgan fingerprint density at radius 1 is 1.43 bits per heavy atom. The number of hydrogen-bond donors (Lipinski definition) is 3. The Kier molecular flexibility index (Phi) is 4.26. The minimum Gasteiger partial charge on any atom is -0.382 e. The van der Waals surface area contributed by atoms with Gasteiger partial charge in [-0.05, 0) is 18.2 Å². The van der Waals surface area contributed by atoms with Gasteiger partial charge in [0.1, 0.15) is 18.7 Å². The predicted octanol–water partition coefficient (Wildman–Crippen LogP) is 1.51.